The molecule has 0 saturated heterocycles. The maximum atomic E-state index is 10.6. The maximum Gasteiger partial charge on any atom is 0.269 e. The van der Waals surface area contributed by atoms with E-state index < -0.39 is 4.92 Å². The molecule has 5 heteroatoms. The van der Waals surface area contributed by atoms with Gasteiger partial charge in [0.25, 0.3) is 5.69 Å². The Morgan fingerprint density at radius 3 is 2.53 bits per heavy atom. The summed E-state index contributed by atoms with van der Waals surface area (Å²) in [5.74, 6) is 0. The Labute approximate surface area is 113 Å². The average Bonchev–Trinajstić information content (AvgIpc) is 2.84. The SMILES string of the molecule is Cc1cccc2nc(-c3ccc([N+](=O)[O-])cc3)sc12. The summed E-state index contributed by atoms with van der Waals surface area (Å²) < 4.78 is 1.16. The first-order valence-electron chi connectivity index (χ1n) is 5.76. The molecule has 0 atom stereocenters. The highest BCUT2D eigenvalue weighted by Gasteiger charge is 2.10. The van der Waals surface area contributed by atoms with Gasteiger partial charge in [-0.25, -0.2) is 4.98 Å². The van der Waals surface area contributed by atoms with Gasteiger partial charge >= 0.3 is 0 Å². The van der Waals surface area contributed by atoms with Gasteiger partial charge in [0.2, 0.25) is 0 Å². The van der Waals surface area contributed by atoms with Crippen LogP contribution in [0, 0.1) is 17.0 Å². The number of thiazole rings is 1. The monoisotopic (exact) mass is 270 g/mol. The van der Waals surface area contributed by atoms with Crippen LogP contribution in [0.2, 0.25) is 0 Å². The summed E-state index contributed by atoms with van der Waals surface area (Å²) >= 11 is 1.61. The van der Waals surface area contributed by atoms with Crippen molar-refractivity contribution in [3.8, 4) is 10.6 Å². The van der Waals surface area contributed by atoms with E-state index >= 15 is 0 Å². The fraction of sp³-hybridized carbons (Fsp3) is 0.0714. The Balaban J connectivity index is 2.09. The highest BCUT2D eigenvalue weighted by Crippen LogP contribution is 2.32. The van der Waals surface area contributed by atoms with Gasteiger partial charge in [-0.2, -0.15) is 0 Å². The van der Waals surface area contributed by atoms with Crippen LogP contribution in [0.5, 0.6) is 0 Å². The van der Waals surface area contributed by atoms with Crippen molar-refractivity contribution in [3.63, 3.8) is 0 Å². The molecular weight excluding hydrogens is 260 g/mol. The second kappa shape index (κ2) is 4.44. The van der Waals surface area contributed by atoms with Crippen molar-refractivity contribution in [1.82, 2.24) is 4.98 Å². The fourth-order valence-electron chi connectivity index (χ4n) is 1.94. The predicted octanol–water partition coefficient (Wildman–Crippen LogP) is 4.18. The zero-order valence-corrected chi connectivity index (χ0v) is 11.0. The first kappa shape index (κ1) is 11.8. The van der Waals surface area contributed by atoms with Gasteiger partial charge in [-0.15, -0.1) is 11.3 Å². The molecule has 0 aliphatic carbocycles. The van der Waals surface area contributed by atoms with Crippen LogP contribution in [0.3, 0.4) is 0 Å². The zero-order valence-electron chi connectivity index (χ0n) is 10.2. The summed E-state index contributed by atoms with van der Waals surface area (Å²) in [5, 5.41) is 11.5. The fourth-order valence-corrected chi connectivity index (χ4v) is 2.97. The van der Waals surface area contributed by atoms with Gasteiger partial charge in [-0.3, -0.25) is 10.1 Å². The average molecular weight is 270 g/mol. The number of benzene rings is 2. The van der Waals surface area contributed by atoms with E-state index in [9.17, 15) is 10.1 Å². The van der Waals surface area contributed by atoms with Gasteiger partial charge in [0.1, 0.15) is 5.01 Å². The molecule has 0 aliphatic heterocycles. The van der Waals surface area contributed by atoms with Gasteiger partial charge < -0.3 is 0 Å². The molecule has 4 nitrogen and oxygen atoms in total. The Morgan fingerprint density at radius 2 is 1.89 bits per heavy atom. The van der Waals surface area contributed by atoms with Gasteiger partial charge in [-0.05, 0) is 30.7 Å². The normalized spacial score (nSPS) is 10.8. The lowest BCUT2D eigenvalue weighted by Crippen LogP contribution is -1.86. The van der Waals surface area contributed by atoms with Crippen LogP contribution >= 0.6 is 11.3 Å². The summed E-state index contributed by atoms with van der Waals surface area (Å²) in [6, 6.07) is 12.5. The van der Waals surface area contributed by atoms with Crippen LogP contribution < -0.4 is 0 Å². The number of nitro groups is 1. The molecule has 0 amide bonds. The minimum Gasteiger partial charge on any atom is -0.258 e. The molecule has 0 spiro atoms. The Morgan fingerprint density at radius 1 is 1.16 bits per heavy atom. The van der Waals surface area contributed by atoms with Crippen LogP contribution in [-0.2, 0) is 0 Å². The molecule has 3 rings (SSSR count). The number of nitrogens with zero attached hydrogens (tertiary/aromatic N) is 2. The number of hydrogen-bond donors (Lipinski definition) is 0. The molecule has 19 heavy (non-hydrogen) atoms. The quantitative estimate of drug-likeness (QED) is 0.518. The number of non-ortho nitro benzene ring substituents is 1. The van der Waals surface area contributed by atoms with Crippen molar-refractivity contribution >= 4 is 27.2 Å². The van der Waals surface area contributed by atoms with E-state index in [1.54, 1.807) is 23.5 Å². The van der Waals surface area contributed by atoms with Crippen LogP contribution in [-0.4, -0.2) is 9.91 Å². The van der Waals surface area contributed by atoms with E-state index in [2.05, 4.69) is 18.0 Å². The molecule has 0 N–H and O–H groups in total. The smallest absolute Gasteiger partial charge is 0.258 e. The molecule has 0 unspecified atom stereocenters. The third-order valence-electron chi connectivity index (χ3n) is 2.94. The molecule has 0 saturated carbocycles. The van der Waals surface area contributed by atoms with Crippen molar-refractivity contribution < 1.29 is 4.92 Å². The third-order valence-corrected chi connectivity index (χ3v) is 4.19. The second-order valence-electron chi connectivity index (χ2n) is 4.25. The minimum absolute atomic E-state index is 0.0982. The van der Waals surface area contributed by atoms with E-state index in [-0.39, 0.29) is 5.69 Å². The molecule has 1 heterocycles. The molecule has 0 bridgehead atoms. The van der Waals surface area contributed by atoms with Gasteiger partial charge in [0.05, 0.1) is 15.1 Å². The Hall–Kier alpha value is -2.27. The van der Waals surface area contributed by atoms with Gasteiger partial charge in [0.15, 0.2) is 0 Å². The van der Waals surface area contributed by atoms with E-state index in [0.717, 1.165) is 20.8 Å². The zero-order chi connectivity index (χ0) is 13.4. The molecule has 0 radical (unpaired) electrons. The molecule has 94 valence electrons. The number of fused-ring (bicyclic) bond motifs is 1. The number of aryl methyl sites for hydroxylation is 1. The lowest BCUT2D eigenvalue weighted by Gasteiger charge is -1.95. The van der Waals surface area contributed by atoms with Crippen molar-refractivity contribution in [1.29, 1.82) is 0 Å². The number of rotatable bonds is 2. The number of nitro benzene ring substituents is 1. The Kier molecular flexibility index (Phi) is 2.76. The van der Waals surface area contributed by atoms with Crippen LogP contribution in [0.4, 0.5) is 5.69 Å². The summed E-state index contributed by atoms with van der Waals surface area (Å²) in [7, 11) is 0. The maximum absolute atomic E-state index is 10.6. The van der Waals surface area contributed by atoms with Crippen LogP contribution in [0.1, 0.15) is 5.56 Å². The molecule has 3 aromatic rings. The summed E-state index contributed by atoms with van der Waals surface area (Å²) in [6.45, 7) is 2.06. The van der Waals surface area contributed by atoms with E-state index in [0.29, 0.717) is 0 Å². The largest absolute Gasteiger partial charge is 0.269 e. The summed E-state index contributed by atoms with van der Waals surface area (Å²) in [4.78, 5) is 14.8. The highest BCUT2D eigenvalue weighted by atomic mass is 32.1. The van der Waals surface area contributed by atoms with Crippen molar-refractivity contribution in [3.05, 3.63) is 58.1 Å². The summed E-state index contributed by atoms with van der Waals surface area (Å²) in [5.41, 5.74) is 3.17. The first-order valence-corrected chi connectivity index (χ1v) is 6.58. The van der Waals surface area contributed by atoms with Crippen molar-refractivity contribution in [2.75, 3.05) is 0 Å². The number of hydrogen-bond acceptors (Lipinski definition) is 4. The lowest BCUT2D eigenvalue weighted by molar-refractivity contribution is -0.384. The number of aromatic nitrogens is 1. The lowest BCUT2D eigenvalue weighted by atomic mass is 10.2. The molecular formula is C14H10N2O2S. The molecule has 0 aliphatic rings. The van der Waals surface area contributed by atoms with E-state index in [1.165, 1.54) is 17.7 Å². The molecule has 1 aromatic heterocycles. The van der Waals surface area contributed by atoms with Gasteiger partial charge in [0, 0.05) is 17.7 Å². The topological polar surface area (TPSA) is 56.0 Å². The Bertz CT molecular complexity index is 763. The highest BCUT2D eigenvalue weighted by molar-refractivity contribution is 7.21. The minimum atomic E-state index is -0.397. The second-order valence-corrected chi connectivity index (χ2v) is 5.25. The van der Waals surface area contributed by atoms with E-state index in [1.807, 2.05) is 12.1 Å². The van der Waals surface area contributed by atoms with Crippen molar-refractivity contribution in [2.24, 2.45) is 0 Å². The standard InChI is InChI=1S/C14H10N2O2S/c1-9-3-2-4-12-13(9)19-14(15-12)10-5-7-11(8-6-10)16(17)18/h2-8H,1H3. The van der Waals surface area contributed by atoms with Crippen molar-refractivity contribution in [2.45, 2.75) is 6.92 Å². The third kappa shape index (κ3) is 2.08. The molecule has 2 aromatic carbocycles. The van der Waals surface area contributed by atoms with E-state index in [4.69, 9.17) is 0 Å². The first-order chi connectivity index (χ1) is 9.15. The van der Waals surface area contributed by atoms with Gasteiger partial charge in [-0.1, -0.05) is 12.1 Å². The molecule has 0 fully saturated rings. The van der Waals surface area contributed by atoms with Crippen LogP contribution in [0.15, 0.2) is 42.5 Å². The van der Waals surface area contributed by atoms with Crippen LogP contribution in [0.25, 0.3) is 20.8 Å². The predicted molar refractivity (Wildman–Crippen MR) is 76.4 cm³/mol. The summed E-state index contributed by atoms with van der Waals surface area (Å²) in [6.07, 6.45) is 0.